The highest BCUT2D eigenvalue weighted by Gasteiger charge is 2.30. The van der Waals surface area contributed by atoms with Crippen molar-refractivity contribution in [3.8, 4) is 5.75 Å². The van der Waals surface area contributed by atoms with Crippen LogP contribution in [0.2, 0.25) is 0 Å². The Morgan fingerprint density at radius 1 is 1.30 bits per heavy atom. The van der Waals surface area contributed by atoms with Crippen LogP contribution in [-0.2, 0) is 0 Å². The second-order valence-electron chi connectivity index (χ2n) is 6.03. The van der Waals surface area contributed by atoms with Crippen molar-refractivity contribution in [2.75, 3.05) is 12.8 Å². The molecule has 20 heavy (non-hydrogen) atoms. The molecule has 0 bridgehead atoms. The Balaban J connectivity index is 2.08. The molecule has 1 aromatic carbocycles. The SMILES string of the molecule is COc1ccc2c(c1)nc(N)n2C1CCCC(C)C1C. The van der Waals surface area contributed by atoms with Gasteiger partial charge < -0.3 is 15.0 Å². The lowest BCUT2D eigenvalue weighted by molar-refractivity contribution is 0.191. The summed E-state index contributed by atoms with van der Waals surface area (Å²) in [5.74, 6) is 2.82. The quantitative estimate of drug-likeness (QED) is 0.909. The largest absolute Gasteiger partial charge is 0.497 e. The molecule has 3 rings (SSSR count). The van der Waals surface area contributed by atoms with Gasteiger partial charge in [0.25, 0.3) is 0 Å². The molecule has 1 aliphatic rings. The number of benzene rings is 1. The van der Waals surface area contributed by atoms with Crippen LogP contribution in [0.3, 0.4) is 0 Å². The zero-order valence-electron chi connectivity index (χ0n) is 12.5. The van der Waals surface area contributed by atoms with E-state index in [0.717, 1.165) is 22.7 Å². The van der Waals surface area contributed by atoms with Crippen molar-refractivity contribution >= 4 is 17.0 Å². The zero-order valence-corrected chi connectivity index (χ0v) is 12.5. The van der Waals surface area contributed by atoms with Gasteiger partial charge in [0.05, 0.1) is 18.1 Å². The van der Waals surface area contributed by atoms with Gasteiger partial charge in [-0.25, -0.2) is 4.98 Å². The van der Waals surface area contributed by atoms with Gasteiger partial charge in [0.15, 0.2) is 0 Å². The van der Waals surface area contributed by atoms with Crippen LogP contribution in [0.25, 0.3) is 11.0 Å². The molecule has 0 saturated heterocycles. The highest BCUT2D eigenvalue weighted by molar-refractivity contribution is 5.80. The monoisotopic (exact) mass is 273 g/mol. The maximum atomic E-state index is 6.19. The maximum Gasteiger partial charge on any atom is 0.201 e. The van der Waals surface area contributed by atoms with E-state index in [1.54, 1.807) is 7.11 Å². The molecule has 1 saturated carbocycles. The maximum absolute atomic E-state index is 6.19. The van der Waals surface area contributed by atoms with Crippen LogP contribution >= 0.6 is 0 Å². The molecular formula is C16H23N3O. The predicted octanol–water partition coefficient (Wildman–Crippen LogP) is 3.62. The molecule has 1 aromatic heterocycles. The van der Waals surface area contributed by atoms with Crippen molar-refractivity contribution in [2.24, 2.45) is 11.8 Å². The van der Waals surface area contributed by atoms with E-state index in [2.05, 4.69) is 29.5 Å². The number of nitrogens with zero attached hydrogens (tertiary/aromatic N) is 2. The third-order valence-corrected chi connectivity index (χ3v) is 4.92. The number of aromatic nitrogens is 2. The number of fused-ring (bicyclic) bond motifs is 1. The Bertz CT molecular complexity index is 619. The summed E-state index contributed by atoms with van der Waals surface area (Å²) >= 11 is 0. The van der Waals surface area contributed by atoms with E-state index in [-0.39, 0.29) is 0 Å². The molecule has 2 aromatic rings. The average molecular weight is 273 g/mol. The van der Waals surface area contributed by atoms with E-state index < -0.39 is 0 Å². The van der Waals surface area contributed by atoms with Crippen LogP contribution in [0, 0.1) is 11.8 Å². The number of hydrogen-bond donors (Lipinski definition) is 1. The number of rotatable bonds is 2. The second-order valence-corrected chi connectivity index (χ2v) is 6.03. The Labute approximate surface area is 119 Å². The fourth-order valence-corrected chi connectivity index (χ4v) is 3.49. The van der Waals surface area contributed by atoms with Crippen LogP contribution < -0.4 is 10.5 Å². The van der Waals surface area contributed by atoms with Crippen LogP contribution in [0.4, 0.5) is 5.95 Å². The summed E-state index contributed by atoms with van der Waals surface area (Å²) in [4.78, 5) is 4.52. The minimum atomic E-state index is 0.456. The number of nitrogen functional groups attached to an aromatic ring is 1. The highest BCUT2D eigenvalue weighted by Crippen LogP contribution is 2.40. The standard InChI is InChI=1S/C16H23N3O/c1-10-5-4-6-14(11(10)2)19-15-8-7-12(20-3)9-13(15)18-16(19)17/h7-11,14H,4-6H2,1-3H3,(H2,17,18). The number of methoxy groups -OCH3 is 1. The first-order valence-electron chi connectivity index (χ1n) is 7.43. The van der Waals surface area contributed by atoms with Crippen molar-refractivity contribution < 1.29 is 4.74 Å². The van der Waals surface area contributed by atoms with E-state index in [1.807, 2.05) is 12.1 Å². The molecule has 3 atom stereocenters. The Hall–Kier alpha value is -1.71. The summed E-state index contributed by atoms with van der Waals surface area (Å²) in [6.07, 6.45) is 3.77. The predicted molar refractivity (Wildman–Crippen MR) is 81.9 cm³/mol. The summed E-state index contributed by atoms with van der Waals surface area (Å²) < 4.78 is 7.50. The summed E-state index contributed by atoms with van der Waals surface area (Å²) in [5, 5.41) is 0. The van der Waals surface area contributed by atoms with Gasteiger partial charge in [-0.05, 0) is 30.4 Å². The molecule has 0 radical (unpaired) electrons. The molecule has 4 nitrogen and oxygen atoms in total. The van der Waals surface area contributed by atoms with Crippen LogP contribution in [0.15, 0.2) is 18.2 Å². The van der Waals surface area contributed by atoms with Crippen molar-refractivity contribution in [3.63, 3.8) is 0 Å². The van der Waals surface area contributed by atoms with Crippen LogP contribution in [-0.4, -0.2) is 16.7 Å². The highest BCUT2D eigenvalue weighted by atomic mass is 16.5. The van der Waals surface area contributed by atoms with Gasteiger partial charge in [0.1, 0.15) is 5.75 Å². The lowest BCUT2D eigenvalue weighted by atomic mass is 9.78. The molecule has 0 aliphatic heterocycles. The first-order chi connectivity index (χ1) is 9.61. The van der Waals surface area contributed by atoms with Crippen molar-refractivity contribution in [1.82, 2.24) is 9.55 Å². The zero-order chi connectivity index (χ0) is 14.3. The van der Waals surface area contributed by atoms with Gasteiger partial charge in [0, 0.05) is 12.1 Å². The first kappa shape index (κ1) is 13.3. The number of imidazole rings is 1. The van der Waals surface area contributed by atoms with Crippen molar-refractivity contribution in [2.45, 2.75) is 39.2 Å². The fraction of sp³-hybridized carbons (Fsp3) is 0.562. The molecule has 4 heteroatoms. The van der Waals surface area contributed by atoms with Gasteiger partial charge in [-0.3, -0.25) is 0 Å². The van der Waals surface area contributed by atoms with E-state index >= 15 is 0 Å². The summed E-state index contributed by atoms with van der Waals surface area (Å²) in [5.41, 5.74) is 8.24. The number of anilines is 1. The summed E-state index contributed by atoms with van der Waals surface area (Å²) in [7, 11) is 1.67. The van der Waals surface area contributed by atoms with Gasteiger partial charge in [0.2, 0.25) is 5.95 Å². The van der Waals surface area contributed by atoms with Crippen LogP contribution in [0.5, 0.6) is 5.75 Å². The average Bonchev–Trinajstić information content (AvgIpc) is 2.77. The number of hydrogen-bond acceptors (Lipinski definition) is 3. The first-order valence-corrected chi connectivity index (χ1v) is 7.43. The molecule has 2 N–H and O–H groups in total. The van der Waals surface area contributed by atoms with Gasteiger partial charge in [-0.2, -0.15) is 0 Å². The Kier molecular flexibility index (Phi) is 3.32. The lowest BCUT2D eigenvalue weighted by Crippen LogP contribution is -2.27. The van der Waals surface area contributed by atoms with Gasteiger partial charge in [-0.15, -0.1) is 0 Å². The Morgan fingerprint density at radius 2 is 2.10 bits per heavy atom. The summed E-state index contributed by atoms with van der Waals surface area (Å²) in [6.45, 7) is 4.68. The minimum Gasteiger partial charge on any atom is -0.497 e. The minimum absolute atomic E-state index is 0.456. The third kappa shape index (κ3) is 2.03. The van der Waals surface area contributed by atoms with Crippen molar-refractivity contribution in [3.05, 3.63) is 18.2 Å². The molecule has 1 aliphatic carbocycles. The lowest BCUT2D eigenvalue weighted by Gasteiger charge is -2.35. The van der Waals surface area contributed by atoms with E-state index in [0.29, 0.717) is 17.9 Å². The van der Waals surface area contributed by atoms with E-state index in [9.17, 15) is 0 Å². The third-order valence-electron chi connectivity index (χ3n) is 4.92. The van der Waals surface area contributed by atoms with E-state index in [1.165, 1.54) is 19.3 Å². The van der Waals surface area contributed by atoms with Crippen LogP contribution in [0.1, 0.15) is 39.2 Å². The molecule has 1 fully saturated rings. The topological polar surface area (TPSA) is 53.1 Å². The smallest absolute Gasteiger partial charge is 0.201 e. The van der Waals surface area contributed by atoms with Gasteiger partial charge >= 0.3 is 0 Å². The molecule has 3 unspecified atom stereocenters. The normalized spacial score (nSPS) is 26.9. The molecule has 108 valence electrons. The molecule has 1 heterocycles. The fourth-order valence-electron chi connectivity index (χ4n) is 3.49. The van der Waals surface area contributed by atoms with E-state index in [4.69, 9.17) is 10.5 Å². The second kappa shape index (κ2) is 5.00. The number of nitrogens with two attached hydrogens (primary N) is 1. The Morgan fingerprint density at radius 3 is 2.85 bits per heavy atom. The van der Waals surface area contributed by atoms with Crippen molar-refractivity contribution in [1.29, 1.82) is 0 Å². The molecule has 0 spiro atoms. The molecule has 0 amide bonds. The number of ether oxygens (including phenoxy) is 1. The summed E-state index contributed by atoms with van der Waals surface area (Å²) in [6, 6.07) is 6.47. The van der Waals surface area contributed by atoms with Gasteiger partial charge in [-0.1, -0.05) is 26.7 Å². The molecular weight excluding hydrogens is 250 g/mol.